The fourth-order valence-corrected chi connectivity index (χ4v) is 2.90. The zero-order valence-electron chi connectivity index (χ0n) is 15.9. The molecule has 1 fully saturated rings. The van der Waals surface area contributed by atoms with Gasteiger partial charge in [0.25, 0.3) is 5.91 Å². The van der Waals surface area contributed by atoms with Crippen LogP contribution < -0.4 is 14.8 Å². The highest BCUT2D eigenvalue weighted by Gasteiger charge is 2.17. The highest BCUT2D eigenvalue weighted by atomic mass is 16.5. The minimum absolute atomic E-state index is 0.189. The standard InChI is InChI=1S/C22H27NO4/c1-3-17-6-10-20(11-7-17)27-16(2)22(24)23-18-8-12-19(13-9-18)26-15-21-5-4-14-25-21/h6-13,16,21H,3-5,14-15H2,1-2H3,(H,23,24)/t16-,21-/m1/s1. The van der Waals surface area contributed by atoms with Gasteiger partial charge < -0.3 is 19.5 Å². The zero-order valence-corrected chi connectivity index (χ0v) is 15.9. The third-order valence-electron chi connectivity index (χ3n) is 4.60. The monoisotopic (exact) mass is 369 g/mol. The number of carbonyl (C=O) groups excluding carboxylic acids is 1. The number of benzene rings is 2. The minimum Gasteiger partial charge on any atom is -0.491 e. The van der Waals surface area contributed by atoms with Gasteiger partial charge in [-0.1, -0.05) is 19.1 Å². The van der Waals surface area contributed by atoms with Gasteiger partial charge in [-0.15, -0.1) is 0 Å². The Balaban J connectivity index is 1.47. The Morgan fingerprint density at radius 1 is 1.15 bits per heavy atom. The first-order chi connectivity index (χ1) is 13.1. The van der Waals surface area contributed by atoms with Crippen LogP contribution in [0.2, 0.25) is 0 Å². The Kier molecular flexibility index (Phi) is 6.71. The highest BCUT2D eigenvalue weighted by molar-refractivity contribution is 5.94. The summed E-state index contributed by atoms with van der Waals surface area (Å²) in [6.45, 7) is 5.22. The van der Waals surface area contributed by atoms with Crippen LogP contribution >= 0.6 is 0 Å². The average molecular weight is 369 g/mol. The van der Waals surface area contributed by atoms with Gasteiger partial charge >= 0.3 is 0 Å². The lowest BCUT2D eigenvalue weighted by molar-refractivity contribution is -0.122. The lowest BCUT2D eigenvalue weighted by atomic mass is 10.2. The van der Waals surface area contributed by atoms with Crippen molar-refractivity contribution >= 4 is 11.6 Å². The Bertz CT molecular complexity index is 721. The second-order valence-corrected chi connectivity index (χ2v) is 6.72. The highest BCUT2D eigenvalue weighted by Crippen LogP contribution is 2.19. The van der Waals surface area contributed by atoms with Crippen molar-refractivity contribution in [3.8, 4) is 11.5 Å². The molecule has 0 radical (unpaired) electrons. The van der Waals surface area contributed by atoms with E-state index in [-0.39, 0.29) is 12.0 Å². The summed E-state index contributed by atoms with van der Waals surface area (Å²) in [5.74, 6) is 1.26. The molecule has 0 saturated carbocycles. The number of ether oxygens (including phenoxy) is 3. The van der Waals surface area contributed by atoms with Gasteiger partial charge in [-0.2, -0.15) is 0 Å². The fourth-order valence-electron chi connectivity index (χ4n) is 2.90. The molecule has 1 saturated heterocycles. The molecule has 5 nitrogen and oxygen atoms in total. The molecule has 2 atom stereocenters. The molecular formula is C22H27NO4. The SMILES string of the molecule is CCc1ccc(O[C@H](C)C(=O)Nc2ccc(OC[C@H]3CCCO3)cc2)cc1. The third kappa shape index (κ3) is 5.73. The van der Waals surface area contributed by atoms with Crippen LogP contribution in [0.3, 0.4) is 0 Å². The van der Waals surface area contributed by atoms with Crippen molar-refractivity contribution in [2.45, 2.75) is 45.3 Å². The van der Waals surface area contributed by atoms with E-state index in [2.05, 4.69) is 12.2 Å². The second-order valence-electron chi connectivity index (χ2n) is 6.72. The molecule has 1 heterocycles. The summed E-state index contributed by atoms with van der Waals surface area (Å²) in [4.78, 5) is 12.3. The second kappa shape index (κ2) is 9.42. The molecule has 5 heteroatoms. The lowest BCUT2D eigenvalue weighted by Gasteiger charge is -2.15. The number of nitrogens with one attached hydrogen (secondary N) is 1. The average Bonchev–Trinajstić information content (AvgIpc) is 3.21. The minimum atomic E-state index is -0.590. The Morgan fingerprint density at radius 3 is 2.48 bits per heavy atom. The fraction of sp³-hybridized carbons (Fsp3) is 0.409. The van der Waals surface area contributed by atoms with Gasteiger partial charge in [-0.05, 0) is 68.1 Å². The summed E-state index contributed by atoms with van der Waals surface area (Å²) in [6, 6.07) is 15.1. The molecule has 2 aromatic carbocycles. The van der Waals surface area contributed by atoms with Gasteiger partial charge in [0.15, 0.2) is 6.10 Å². The van der Waals surface area contributed by atoms with Crippen LogP contribution in [0.25, 0.3) is 0 Å². The number of rotatable bonds is 8. The van der Waals surface area contributed by atoms with Crippen LogP contribution in [0, 0.1) is 0 Å². The molecule has 0 aromatic heterocycles. The number of hydrogen-bond acceptors (Lipinski definition) is 4. The first-order valence-corrected chi connectivity index (χ1v) is 9.55. The van der Waals surface area contributed by atoms with E-state index in [0.29, 0.717) is 18.0 Å². The smallest absolute Gasteiger partial charge is 0.265 e. The van der Waals surface area contributed by atoms with E-state index in [1.54, 1.807) is 6.92 Å². The van der Waals surface area contributed by atoms with Crippen molar-refractivity contribution in [2.75, 3.05) is 18.5 Å². The van der Waals surface area contributed by atoms with Crippen LogP contribution in [0.4, 0.5) is 5.69 Å². The van der Waals surface area contributed by atoms with Crippen LogP contribution in [-0.4, -0.2) is 31.3 Å². The normalized spacial score (nSPS) is 17.3. The van der Waals surface area contributed by atoms with Crippen molar-refractivity contribution in [1.82, 2.24) is 0 Å². The van der Waals surface area contributed by atoms with E-state index >= 15 is 0 Å². The summed E-state index contributed by atoms with van der Waals surface area (Å²) < 4.78 is 17.0. The van der Waals surface area contributed by atoms with E-state index in [9.17, 15) is 4.79 Å². The quantitative estimate of drug-likeness (QED) is 0.757. The largest absolute Gasteiger partial charge is 0.491 e. The van der Waals surface area contributed by atoms with Gasteiger partial charge in [0.2, 0.25) is 0 Å². The predicted molar refractivity (Wildman–Crippen MR) is 105 cm³/mol. The van der Waals surface area contributed by atoms with Gasteiger partial charge in [-0.3, -0.25) is 4.79 Å². The Hall–Kier alpha value is -2.53. The maximum Gasteiger partial charge on any atom is 0.265 e. The summed E-state index contributed by atoms with van der Waals surface area (Å²) in [5, 5.41) is 2.86. The van der Waals surface area contributed by atoms with Crippen molar-refractivity contribution in [3.05, 3.63) is 54.1 Å². The Morgan fingerprint density at radius 2 is 1.85 bits per heavy atom. The molecular weight excluding hydrogens is 342 g/mol. The molecule has 1 aliphatic heterocycles. The first kappa shape index (κ1) is 19.2. The van der Waals surface area contributed by atoms with Crippen LogP contribution in [0.15, 0.2) is 48.5 Å². The van der Waals surface area contributed by atoms with E-state index in [1.807, 2.05) is 48.5 Å². The lowest BCUT2D eigenvalue weighted by Crippen LogP contribution is -2.30. The van der Waals surface area contributed by atoms with Gasteiger partial charge in [0, 0.05) is 12.3 Å². The molecule has 0 aliphatic carbocycles. The van der Waals surface area contributed by atoms with Crippen LogP contribution in [-0.2, 0) is 16.0 Å². The summed E-state index contributed by atoms with van der Waals surface area (Å²) >= 11 is 0. The number of carbonyl (C=O) groups is 1. The van der Waals surface area contributed by atoms with Crippen LogP contribution in [0.1, 0.15) is 32.3 Å². The number of aryl methyl sites for hydroxylation is 1. The van der Waals surface area contributed by atoms with E-state index in [4.69, 9.17) is 14.2 Å². The molecule has 2 aromatic rings. The van der Waals surface area contributed by atoms with Gasteiger partial charge in [-0.25, -0.2) is 0 Å². The molecule has 1 aliphatic rings. The van der Waals surface area contributed by atoms with Crippen molar-refractivity contribution in [2.24, 2.45) is 0 Å². The maximum atomic E-state index is 12.3. The van der Waals surface area contributed by atoms with Crippen molar-refractivity contribution < 1.29 is 19.0 Å². The molecule has 3 rings (SSSR count). The van der Waals surface area contributed by atoms with E-state index in [1.165, 1.54) is 5.56 Å². The Labute approximate surface area is 160 Å². The zero-order chi connectivity index (χ0) is 19.1. The molecule has 144 valence electrons. The topological polar surface area (TPSA) is 56.8 Å². The summed E-state index contributed by atoms with van der Waals surface area (Å²) in [7, 11) is 0. The number of amides is 1. The molecule has 0 unspecified atom stereocenters. The van der Waals surface area contributed by atoms with Gasteiger partial charge in [0.05, 0.1) is 6.10 Å². The van der Waals surface area contributed by atoms with E-state index < -0.39 is 6.10 Å². The van der Waals surface area contributed by atoms with E-state index in [0.717, 1.165) is 31.6 Å². The molecule has 1 N–H and O–H groups in total. The maximum absolute atomic E-state index is 12.3. The van der Waals surface area contributed by atoms with Crippen molar-refractivity contribution in [3.63, 3.8) is 0 Å². The molecule has 0 spiro atoms. The summed E-state index contributed by atoms with van der Waals surface area (Å²) in [6.07, 6.45) is 2.72. The molecule has 27 heavy (non-hydrogen) atoms. The van der Waals surface area contributed by atoms with Crippen molar-refractivity contribution in [1.29, 1.82) is 0 Å². The molecule has 0 bridgehead atoms. The number of hydrogen-bond donors (Lipinski definition) is 1. The summed E-state index contributed by atoms with van der Waals surface area (Å²) in [5.41, 5.74) is 1.95. The number of anilines is 1. The molecule has 1 amide bonds. The van der Waals surface area contributed by atoms with Gasteiger partial charge in [0.1, 0.15) is 18.1 Å². The predicted octanol–water partition coefficient (Wildman–Crippen LogP) is 4.21. The first-order valence-electron chi connectivity index (χ1n) is 9.55. The van der Waals surface area contributed by atoms with Crippen LogP contribution in [0.5, 0.6) is 11.5 Å². The third-order valence-corrected chi connectivity index (χ3v) is 4.60.